The van der Waals surface area contributed by atoms with E-state index in [0.717, 1.165) is 32.1 Å². The van der Waals surface area contributed by atoms with Gasteiger partial charge in [-0.2, -0.15) is 0 Å². The predicted molar refractivity (Wildman–Crippen MR) is 192 cm³/mol. The van der Waals surface area contributed by atoms with Crippen LogP contribution in [0, 0.1) is 0 Å². The monoisotopic (exact) mass is 685 g/mol. The van der Waals surface area contributed by atoms with E-state index in [4.69, 9.17) is 37.9 Å². The van der Waals surface area contributed by atoms with E-state index in [1.54, 1.807) is 12.1 Å². The molecule has 0 atom stereocenters. The molecule has 1 aromatic carbocycles. The summed E-state index contributed by atoms with van der Waals surface area (Å²) in [7, 11) is 0. The minimum Gasteiger partial charge on any atom is -0.507 e. The molecule has 0 saturated heterocycles. The Morgan fingerprint density at radius 3 is 1.21 bits per heavy atom. The van der Waals surface area contributed by atoms with Crippen molar-refractivity contribution in [3.8, 4) is 5.75 Å². The summed E-state index contributed by atoms with van der Waals surface area (Å²) in [6.45, 7) is 21.0. The second-order valence-corrected chi connectivity index (χ2v) is 12.4. The molecule has 0 heterocycles. The molecule has 1 N–H and O–H groups in total. The van der Waals surface area contributed by atoms with Crippen LogP contribution in [0.1, 0.15) is 145 Å². The van der Waals surface area contributed by atoms with Gasteiger partial charge in [0.2, 0.25) is 5.79 Å². The molecule has 0 amide bonds. The lowest BCUT2D eigenvalue weighted by molar-refractivity contribution is -0.552. The first-order valence-corrected chi connectivity index (χ1v) is 19.2. The highest BCUT2D eigenvalue weighted by Crippen LogP contribution is 2.57. The fraction of sp³-hybridized carbons (Fsp3) is 0.846. The molecule has 0 aliphatic heterocycles. The molecule has 0 saturated carbocycles. The highest BCUT2D eigenvalue weighted by atomic mass is 16.9. The van der Waals surface area contributed by atoms with E-state index in [0.29, 0.717) is 63.7 Å². The zero-order chi connectivity index (χ0) is 35.8. The minimum atomic E-state index is -1.99. The van der Waals surface area contributed by atoms with Crippen molar-refractivity contribution in [2.75, 3.05) is 52.9 Å². The first kappa shape index (κ1) is 44.7. The molecule has 1 rings (SSSR count). The smallest absolute Gasteiger partial charge is 0.290 e. The summed E-state index contributed by atoms with van der Waals surface area (Å²) in [6.07, 6.45) is 8.66. The molecule has 0 spiro atoms. The van der Waals surface area contributed by atoms with Gasteiger partial charge < -0.3 is 43.0 Å². The number of unbranched alkanes of at least 4 members (excludes halogenated alkanes) is 2. The maximum absolute atomic E-state index is 11.7. The summed E-state index contributed by atoms with van der Waals surface area (Å²) in [6, 6.07) is 7.08. The quantitative estimate of drug-likeness (QED) is 0.0588. The summed E-state index contributed by atoms with van der Waals surface area (Å²) < 4.78 is 56.8. The fourth-order valence-electron chi connectivity index (χ4n) is 5.81. The number of benzene rings is 1. The van der Waals surface area contributed by atoms with E-state index in [1.807, 2.05) is 39.8 Å². The van der Waals surface area contributed by atoms with E-state index in [-0.39, 0.29) is 45.4 Å². The number of aromatic hydroxyl groups is 1. The van der Waals surface area contributed by atoms with Crippen molar-refractivity contribution in [3.05, 3.63) is 29.8 Å². The maximum atomic E-state index is 11.7. The molecule has 48 heavy (non-hydrogen) atoms. The van der Waals surface area contributed by atoms with Crippen molar-refractivity contribution in [1.82, 2.24) is 0 Å². The summed E-state index contributed by atoms with van der Waals surface area (Å²) in [5.41, 5.74) is 0.358. The molecule has 0 radical (unpaired) electrons. The minimum absolute atomic E-state index is 0.0188. The third-order valence-electron chi connectivity index (χ3n) is 7.87. The number of phenolic OH excluding ortho intramolecular Hbond substituents is 1. The van der Waals surface area contributed by atoms with E-state index in [1.165, 1.54) is 0 Å². The Hall–Kier alpha value is -1.30. The van der Waals surface area contributed by atoms with Gasteiger partial charge in [0, 0.05) is 19.6 Å². The van der Waals surface area contributed by atoms with Gasteiger partial charge in [-0.25, -0.2) is 0 Å². The van der Waals surface area contributed by atoms with Crippen LogP contribution in [0.15, 0.2) is 24.3 Å². The average molecular weight is 685 g/mol. The Morgan fingerprint density at radius 2 is 0.812 bits per heavy atom. The number of phenols is 1. The highest BCUT2D eigenvalue weighted by Gasteiger charge is 2.79. The second-order valence-electron chi connectivity index (χ2n) is 12.4. The molecule has 9 nitrogen and oxygen atoms in total. The molecule has 0 unspecified atom stereocenters. The van der Waals surface area contributed by atoms with Crippen LogP contribution in [-0.4, -0.2) is 75.3 Å². The molecule has 0 fully saturated rings. The highest BCUT2D eigenvalue weighted by molar-refractivity contribution is 5.38. The van der Waals surface area contributed by atoms with Crippen LogP contribution in [0.4, 0.5) is 0 Å². The summed E-state index contributed by atoms with van der Waals surface area (Å²) in [5, 5.41) is 11.7. The van der Waals surface area contributed by atoms with Crippen molar-refractivity contribution in [2.24, 2.45) is 0 Å². The lowest BCUT2D eigenvalue weighted by Crippen LogP contribution is -2.80. The van der Waals surface area contributed by atoms with Crippen molar-refractivity contribution in [2.45, 2.75) is 163 Å². The van der Waals surface area contributed by atoms with Crippen LogP contribution >= 0.6 is 0 Å². The lowest BCUT2D eigenvalue weighted by atomic mass is 9.81. The molecule has 0 aromatic heterocycles. The molecule has 0 bridgehead atoms. The van der Waals surface area contributed by atoms with Crippen LogP contribution in [0.3, 0.4) is 0 Å². The predicted octanol–water partition coefficient (Wildman–Crippen LogP) is 9.63. The third kappa shape index (κ3) is 10.8. The van der Waals surface area contributed by atoms with Crippen LogP contribution in [0.25, 0.3) is 0 Å². The maximum Gasteiger partial charge on any atom is 0.290 e. The van der Waals surface area contributed by atoms with Crippen LogP contribution in [-0.2, 0) is 43.7 Å². The fourth-order valence-corrected chi connectivity index (χ4v) is 5.81. The summed E-state index contributed by atoms with van der Waals surface area (Å²) in [4.78, 5) is 0. The van der Waals surface area contributed by atoms with Gasteiger partial charge >= 0.3 is 0 Å². The molecular weight excluding hydrogens is 612 g/mol. The van der Waals surface area contributed by atoms with Crippen molar-refractivity contribution >= 4 is 0 Å². The normalized spacial score (nSPS) is 13.0. The summed E-state index contributed by atoms with van der Waals surface area (Å²) in [5.74, 6) is -7.29. The number of para-hydroxylation sites is 1. The van der Waals surface area contributed by atoms with Gasteiger partial charge in [0.15, 0.2) is 0 Å². The third-order valence-corrected chi connectivity index (χ3v) is 7.87. The standard InChI is InChI=1S/C39H72O9/c1-10-19-22-25-36(41-26-11-2,42-27-12-3)38(45-30-15-6,46-31-16-7)39(47-32-17-8,48-33-18-9)37(43-28-13-4,44-29-14-5)34-23-20-21-24-35(34)40/h20-21,23-24,40H,10-19,22,25-33H2,1-9H3. The molecule has 282 valence electrons. The van der Waals surface area contributed by atoms with Gasteiger partial charge in [0.05, 0.1) is 45.2 Å². The lowest BCUT2D eigenvalue weighted by Gasteiger charge is -2.61. The van der Waals surface area contributed by atoms with Gasteiger partial charge in [-0.3, -0.25) is 0 Å². The number of hydrogen-bond donors (Lipinski definition) is 1. The van der Waals surface area contributed by atoms with Crippen LogP contribution < -0.4 is 0 Å². The second kappa shape index (κ2) is 24.8. The van der Waals surface area contributed by atoms with E-state index >= 15 is 0 Å². The SMILES string of the molecule is CCCCCC(OCCC)(OCCC)C(OCCC)(OCCC)C(OCCC)(OCCC)C(OCCC)(OCCC)c1ccccc1O. The van der Waals surface area contributed by atoms with Gasteiger partial charge in [-0.1, -0.05) is 87.3 Å². The van der Waals surface area contributed by atoms with E-state index < -0.39 is 23.1 Å². The molecular formula is C39H72O9. The zero-order valence-electron chi connectivity index (χ0n) is 32.2. The van der Waals surface area contributed by atoms with Gasteiger partial charge in [0.1, 0.15) is 5.75 Å². The Balaban J connectivity index is 4.78. The van der Waals surface area contributed by atoms with Crippen molar-refractivity contribution in [3.63, 3.8) is 0 Å². The van der Waals surface area contributed by atoms with Gasteiger partial charge in [-0.15, -0.1) is 0 Å². The largest absolute Gasteiger partial charge is 0.507 e. The van der Waals surface area contributed by atoms with Crippen LogP contribution in [0.2, 0.25) is 0 Å². The average Bonchev–Trinajstić information content (AvgIpc) is 3.11. The molecule has 9 heteroatoms. The zero-order valence-corrected chi connectivity index (χ0v) is 32.2. The molecule has 0 aliphatic rings. The Kier molecular flexibility index (Phi) is 23.1. The van der Waals surface area contributed by atoms with E-state index in [2.05, 4.69) is 34.6 Å². The van der Waals surface area contributed by atoms with Gasteiger partial charge in [-0.05, 0) is 69.9 Å². The number of hydrogen-bond acceptors (Lipinski definition) is 9. The Bertz CT molecular complexity index is 892. The Morgan fingerprint density at radius 1 is 0.438 bits per heavy atom. The Labute approximate surface area is 293 Å². The molecule has 1 aromatic rings. The van der Waals surface area contributed by atoms with Crippen LogP contribution in [0.5, 0.6) is 5.75 Å². The van der Waals surface area contributed by atoms with Crippen molar-refractivity contribution in [1.29, 1.82) is 0 Å². The van der Waals surface area contributed by atoms with E-state index in [9.17, 15) is 5.11 Å². The first-order chi connectivity index (χ1) is 23.3. The number of ether oxygens (including phenoxy) is 8. The first-order valence-electron chi connectivity index (χ1n) is 19.2. The van der Waals surface area contributed by atoms with Crippen molar-refractivity contribution < 1.29 is 43.0 Å². The molecule has 0 aliphatic carbocycles. The number of rotatable bonds is 32. The van der Waals surface area contributed by atoms with Gasteiger partial charge in [0.25, 0.3) is 17.4 Å². The summed E-state index contributed by atoms with van der Waals surface area (Å²) >= 11 is 0. The topological polar surface area (TPSA) is 94.1 Å².